The second kappa shape index (κ2) is 4.38. The van der Waals surface area contributed by atoms with Gasteiger partial charge in [0.15, 0.2) is 0 Å². The van der Waals surface area contributed by atoms with Crippen LogP contribution in [-0.4, -0.2) is 19.5 Å². The molecule has 0 radical (unpaired) electrons. The number of nitrogens with one attached hydrogen (secondary N) is 1. The van der Waals surface area contributed by atoms with Gasteiger partial charge in [-0.15, -0.1) is 11.3 Å². The van der Waals surface area contributed by atoms with Crippen LogP contribution in [0.25, 0.3) is 10.2 Å². The molecule has 92 valence electrons. The number of rotatable bonds is 3. The maximum atomic E-state index is 4.30. The third-order valence-electron chi connectivity index (χ3n) is 2.87. The Kier molecular flexibility index (Phi) is 2.71. The van der Waals surface area contributed by atoms with Crippen LogP contribution < -0.4 is 5.32 Å². The highest BCUT2D eigenvalue weighted by Crippen LogP contribution is 2.28. The summed E-state index contributed by atoms with van der Waals surface area (Å²) in [5.41, 5.74) is 2.22. The van der Waals surface area contributed by atoms with Crippen molar-refractivity contribution in [2.45, 2.75) is 13.5 Å². The second-order valence-electron chi connectivity index (χ2n) is 4.13. The summed E-state index contributed by atoms with van der Waals surface area (Å²) in [6.45, 7) is 2.72. The maximum Gasteiger partial charge on any atom is 0.147 e. The standard InChI is InChI=1S/C12H13N5S/c1-8-6-18-11-10(8)15-7-16-12(11)14-5-9-13-3-4-17(9)2/h3-4,6-7H,5H2,1-2H3,(H,14,15,16). The molecular weight excluding hydrogens is 246 g/mol. The van der Waals surface area contributed by atoms with Gasteiger partial charge in [-0.3, -0.25) is 0 Å². The minimum atomic E-state index is 0.659. The van der Waals surface area contributed by atoms with E-state index in [1.54, 1.807) is 23.9 Å². The lowest BCUT2D eigenvalue weighted by atomic mass is 10.3. The van der Waals surface area contributed by atoms with E-state index < -0.39 is 0 Å². The van der Waals surface area contributed by atoms with Crippen LogP contribution in [0.1, 0.15) is 11.4 Å². The first-order chi connectivity index (χ1) is 8.75. The van der Waals surface area contributed by atoms with Gasteiger partial charge in [-0.25, -0.2) is 15.0 Å². The molecule has 3 rings (SSSR count). The molecule has 0 aromatic carbocycles. The van der Waals surface area contributed by atoms with Gasteiger partial charge in [-0.1, -0.05) is 0 Å². The van der Waals surface area contributed by atoms with Crippen LogP contribution in [0.15, 0.2) is 24.1 Å². The number of imidazole rings is 1. The van der Waals surface area contributed by atoms with Gasteiger partial charge in [0, 0.05) is 19.4 Å². The Balaban J connectivity index is 1.89. The van der Waals surface area contributed by atoms with E-state index in [0.29, 0.717) is 6.54 Å². The van der Waals surface area contributed by atoms with Crippen molar-refractivity contribution in [1.29, 1.82) is 0 Å². The van der Waals surface area contributed by atoms with E-state index >= 15 is 0 Å². The summed E-state index contributed by atoms with van der Waals surface area (Å²) in [5.74, 6) is 1.86. The zero-order valence-electron chi connectivity index (χ0n) is 10.2. The first kappa shape index (κ1) is 11.2. The summed E-state index contributed by atoms with van der Waals surface area (Å²) in [4.78, 5) is 12.9. The Bertz CT molecular complexity index is 685. The van der Waals surface area contributed by atoms with Crippen molar-refractivity contribution in [3.05, 3.63) is 35.5 Å². The number of hydrogen-bond acceptors (Lipinski definition) is 5. The molecule has 3 aromatic heterocycles. The third-order valence-corrected chi connectivity index (χ3v) is 3.96. The molecule has 0 unspecified atom stereocenters. The van der Waals surface area contributed by atoms with Crippen LogP contribution in [0.5, 0.6) is 0 Å². The average molecular weight is 259 g/mol. The SMILES string of the molecule is Cc1csc2c(NCc3nccn3C)ncnc12. The van der Waals surface area contributed by atoms with Crippen LogP contribution in [-0.2, 0) is 13.6 Å². The lowest BCUT2D eigenvalue weighted by Gasteiger charge is -2.06. The highest BCUT2D eigenvalue weighted by atomic mass is 32.1. The number of aromatic nitrogens is 4. The molecule has 0 amide bonds. The van der Waals surface area contributed by atoms with Gasteiger partial charge in [0.05, 0.1) is 16.8 Å². The summed E-state index contributed by atoms with van der Waals surface area (Å²) >= 11 is 1.67. The highest BCUT2D eigenvalue weighted by molar-refractivity contribution is 7.18. The quantitative estimate of drug-likeness (QED) is 0.784. The Morgan fingerprint density at radius 3 is 3.00 bits per heavy atom. The van der Waals surface area contributed by atoms with E-state index in [2.05, 4.69) is 32.6 Å². The normalized spacial score (nSPS) is 11.0. The molecule has 0 aliphatic heterocycles. The van der Waals surface area contributed by atoms with E-state index in [-0.39, 0.29) is 0 Å². The Labute approximate surface area is 109 Å². The number of fused-ring (bicyclic) bond motifs is 1. The van der Waals surface area contributed by atoms with Gasteiger partial charge in [-0.05, 0) is 17.9 Å². The van der Waals surface area contributed by atoms with Crippen molar-refractivity contribution in [3.63, 3.8) is 0 Å². The molecule has 0 bridgehead atoms. The monoisotopic (exact) mass is 259 g/mol. The first-order valence-corrected chi connectivity index (χ1v) is 6.52. The van der Waals surface area contributed by atoms with Gasteiger partial charge in [0.25, 0.3) is 0 Å². The van der Waals surface area contributed by atoms with Gasteiger partial charge in [0.2, 0.25) is 0 Å². The number of thiophene rings is 1. The lowest BCUT2D eigenvalue weighted by Crippen LogP contribution is -2.06. The molecule has 0 saturated heterocycles. The fraction of sp³-hybridized carbons (Fsp3) is 0.250. The number of aryl methyl sites for hydroxylation is 2. The number of hydrogen-bond donors (Lipinski definition) is 1. The molecule has 5 nitrogen and oxygen atoms in total. The maximum absolute atomic E-state index is 4.30. The Morgan fingerprint density at radius 1 is 1.33 bits per heavy atom. The van der Waals surface area contributed by atoms with Crippen molar-refractivity contribution in [3.8, 4) is 0 Å². The van der Waals surface area contributed by atoms with Gasteiger partial charge in [0.1, 0.15) is 18.0 Å². The molecule has 0 aliphatic rings. The third kappa shape index (κ3) is 1.84. The van der Waals surface area contributed by atoms with E-state index in [0.717, 1.165) is 21.9 Å². The van der Waals surface area contributed by atoms with Crippen molar-refractivity contribution in [1.82, 2.24) is 19.5 Å². The van der Waals surface area contributed by atoms with Crippen LogP contribution >= 0.6 is 11.3 Å². The minimum absolute atomic E-state index is 0.659. The van der Waals surface area contributed by atoms with E-state index in [4.69, 9.17) is 0 Å². The van der Waals surface area contributed by atoms with Gasteiger partial charge < -0.3 is 9.88 Å². The number of nitrogens with zero attached hydrogens (tertiary/aromatic N) is 4. The molecule has 1 N–H and O–H groups in total. The van der Waals surface area contributed by atoms with Gasteiger partial charge >= 0.3 is 0 Å². The molecule has 6 heteroatoms. The van der Waals surface area contributed by atoms with E-state index in [1.807, 2.05) is 17.8 Å². The molecule has 0 aliphatic carbocycles. The van der Waals surface area contributed by atoms with Crippen LogP contribution in [0.2, 0.25) is 0 Å². The van der Waals surface area contributed by atoms with Crippen molar-refractivity contribution < 1.29 is 0 Å². The molecule has 3 heterocycles. The highest BCUT2D eigenvalue weighted by Gasteiger charge is 2.08. The predicted molar refractivity (Wildman–Crippen MR) is 72.7 cm³/mol. The van der Waals surface area contributed by atoms with Crippen molar-refractivity contribution in [2.75, 3.05) is 5.32 Å². The Morgan fingerprint density at radius 2 is 2.22 bits per heavy atom. The number of anilines is 1. The van der Waals surface area contributed by atoms with Crippen molar-refractivity contribution in [2.24, 2.45) is 7.05 Å². The lowest BCUT2D eigenvalue weighted by molar-refractivity contribution is 0.811. The molecule has 3 aromatic rings. The zero-order valence-corrected chi connectivity index (χ0v) is 11.0. The van der Waals surface area contributed by atoms with Crippen LogP contribution in [0, 0.1) is 6.92 Å². The van der Waals surface area contributed by atoms with Crippen LogP contribution in [0.4, 0.5) is 5.82 Å². The van der Waals surface area contributed by atoms with Gasteiger partial charge in [-0.2, -0.15) is 0 Å². The van der Waals surface area contributed by atoms with Crippen molar-refractivity contribution >= 4 is 27.4 Å². The topological polar surface area (TPSA) is 55.6 Å². The minimum Gasteiger partial charge on any atom is -0.362 e. The summed E-state index contributed by atoms with van der Waals surface area (Å²) in [6, 6.07) is 0. The zero-order chi connectivity index (χ0) is 12.5. The molecule has 18 heavy (non-hydrogen) atoms. The summed E-state index contributed by atoms with van der Waals surface area (Å²) in [7, 11) is 1.98. The van der Waals surface area contributed by atoms with Crippen LogP contribution in [0.3, 0.4) is 0 Å². The Hall–Kier alpha value is -1.95. The van der Waals surface area contributed by atoms with E-state index in [9.17, 15) is 0 Å². The summed E-state index contributed by atoms with van der Waals surface area (Å²) in [5, 5.41) is 5.42. The summed E-state index contributed by atoms with van der Waals surface area (Å²) in [6.07, 6.45) is 5.33. The average Bonchev–Trinajstić information content (AvgIpc) is 2.95. The summed E-state index contributed by atoms with van der Waals surface area (Å²) < 4.78 is 3.09. The first-order valence-electron chi connectivity index (χ1n) is 5.64. The molecule has 0 spiro atoms. The fourth-order valence-corrected chi connectivity index (χ4v) is 2.79. The fourth-order valence-electron chi connectivity index (χ4n) is 1.82. The molecular formula is C12H13N5S. The molecule has 0 saturated carbocycles. The molecule has 0 fully saturated rings. The largest absolute Gasteiger partial charge is 0.362 e. The van der Waals surface area contributed by atoms with E-state index in [1.165, 1.54) is 5.56 Å². The smallest absolute Gasteiger partial charge is 0.147 e. The second-order valence-corrected chi connectivity index (χ2v) is 5.01. The molecule has 0 atom stereocenters. The predicted octanol–water partition coefficient (Wildman–Crippen LogP) is 2.35.